The standard InChI is InChI=1S/C17H25N5O3/c1-10-13(23)14(24)17(25-10)22-9-21-12-15(19-8-20-16(12)22)18-7-11-5-3-2-4-6-11/h8-11,13-14,17,23-24H,2-7H2,1H3,(H,18,19,20)/t10-,13-,14-,17-/m1/s1. The summed E-state index contributed by atoms with van der Waals surface area (Å²) in [7, 11) is 0. The lowest BCUT2D eigenvalue weighted by Crippen LogP contribution is -2.30. The number of nitrogens with zero attached hydrogens (tertiary/aromatic N) is 4. The Morgan fingerprint density at radius 3 is 2.68 bits per heavy atom. The fourth-order valence-electron chi connectivity index (χ4n) is 3.86. The third kappa shape index (κ3) is 3.09. The number of fused-ring (bicyclic) bond motifs is 1. The molecule has 25 heavy (non-hydrogen) atoms. The zero-order chi connectivity index (χ0) is 17.4. The SMILES string of the molecule is C[C@H]1O[C@@H](n2cnc3c(NCC4CCCCC4)ncnc32)[C@H](O)[C@@H]1O. The molecule has 4 rings (SSSR count). The maximum atomic E-state index is 10.2. The highest BCUT2D eigenvalue weighted by molar-refractivity contribution is 5.82. The summed E-state index contributed by atoms with van der Waals surface area (Å²) < 4.78 is 7.34. The van der Waals surface area contributed by atoms with Crippen molar-refractivity contribution in [2.45, 2.75) is 63.6 Å². The van der Waals surface area contributed by atoms with Crippen LogP contribution in [0.15, 0.2) is 12.7 Å². The van der Waals surface area contributed by atoms with Gasteiger partial charge in [-0.25, -0.2) is 15.0 Å². The molecule has 4 atom stereocenters. The molecule has 1 saturated heterocycles. The van der Waals surface area contributed by atoms with Crippen molar-refractivity contribution in [1.29, 1.82) is 0 Å². The number of ether oxygens (including phenoxy) is 1. The third-order valence-electron chi connectivity index (χ3n) is 5.39. The quantitative estimate of drug-likeness (QED) is 0.769. The van der Waals surface area contributed by atoms with Gasteiger partial charge in [-0.2, -0.15) is 0 Å². The van der Waals surface area contributed by atoms with E-state index >= 15 is 0 Å². The number of aliphatic hydroxyl groups is 2. The molecule has 1 aliphatic carbocycles. The lowest BCUT2D eigenvalue weighted by molar-refractivity contribution is -0.0299. The molecule has 8 heteroatoms. The van der Waals surface area contributed by atoms with Crippen molar-refractivity contribution in [3.05, 3.63) is 12.7 Å². The largest absolute Gasteiger partial charge is 0.388 e. The molecule has 2 fully saturated rings. The Kier molecular flexibility index (Phi) is 4.58. The van der Waals surface area contributed by atoms with Gasteiger partial charge in [-0.3, -0.25) is 4.57 Å². The van der Waals surface area contributed by atoms with Crippen molar-refractivity contribution >= 4 is 17.0 Å². The fraction of sp³-hybridized carbons (Fsp3) is 0.706. The van der Waals surface area contributed by atoms with Crippen LogP contribution in [0.25, 0.3) is 11.2 Å². The molecular formula is C17H25N5O3. The van der Waals surface area contributed by atoms with E-state index in [-0.39, 0.29) is 0 Å². The number of hydrogen-bond donors (Lipinski definition) is 3. The normalized spacial score (nSPS) is 30.8. The molecule has 3 N–H and O–H groups in total. The minimum Gasteiger partial charge on any atom is -0.388 e. The van der Waals surface area contributed by atoms with Gasteiger partial charge in [0.25, 0.3) is 0 Å². The lowest BCUT2D eigenvalue weighted by atomic mass is 9.89. The smallest absolute Gasteiger partial charge is 0.167 e. The topological polar surface area (TPSA) is 105 Å². The number of anilines is 1. The van der Waals surface area contributed by atoms with Crippen LogP contribution < -0.4 is 5.32 Å². The zero-order valence-electron chi connectivity index (χ0n) is 14.4. The first-order chi connectivity index (χ1) is 12.1. The lowest BCUT2D eigenvalue weighted by Gasteiger charge is -2.22. The molecule has 0 spiro atoms. The summed E-state index contributed by atoms with van der Waals surface area (Å²) in [6.07, 6.45) is 6.46. The van der Waals surface area contributed by atoms with Crippen molar-refractivity contribution in [3.63, 3.8) is 0 Å². The monoisotopic (exact) mass is 347 g/mol. The molecular weight excluding hydrogens is 322 g/mol. The second-order valence-corrected chi connectivity index (χ2v) is 7.14. The minimum absolute atomic E-state index is 0.441. The second-order valence-electron chi connectivity index (χ2n) is 7.14. The van der Waals surface area contributed by atoms with Crippen LogP contribution in [0.5, 0.6) is 0 Å². The van der Waals surface area contributed by atoms with Crippen molar-refractivity contribution in [1.82, 2.24) is 19.5 Å². The van der Waals surface area contributed by atoms with E-state index in [2.05, 4.69) is 20.3 Å². The van der Waals surface area contributed by atoms with E-state index in [9.17, 15) is 10.2 Å². The predicted octanol–water partition coefficient (Wildman–Crippen LogP) is 1.46. The van der Waals surface area contributed by atoms with Crippen molar-refractivity contribution in [3.8, 4) is 0 Å². The van der Waals surface area contributed by atoms with Gasteiger partial charge in [-0.05, 0) is 25.7 Å². The Bertz CT molecular complexity index is 730. The predicted molar refractivity (Wildman–Crippen MR) is 92.0 cm³/mol. The molecule has 2 aliphatic rings. The molecule has 0 amide bonds. The Hall–Kier alpha value is -1.77. The van der Waals surface area contributed by atoms with Crippen LogP contribution in [-0.2, 0) is 4.74 Å². The molecule has 8 nitrogen and oxygen atoms in total. The van der Waals surface area contributed by atoms with Gasteiger partial charge in [0, 0.05) is 6.54 Å². The fourth-order valence-corrected chi connectivity index (χ4v) is 3.86. The van der Waals surface area contributed by atoms with E-state index < -0.39 is 24.5 Å². The van der Waals surface area contributed by atoms with E-state index in [1.54, 1.807) is 17.8 Å². The first kappa shape index (κ1) is 16.7. The van der Waals surface area contributed by atoms with Gasteiger partial charge < -0.3 is 20.3 Å². The van der Waals surface area contributed by atoms with Gasteiger partial charge in [0.1, 0.15) is 18.5 Å². The number of hydrogen-bond acceptors (Lipinski definition) is 7. The van der Waals surface area contributed by atoms with E-state index in [1.807, 2.05) is 0 Å². The highest BCUT2D eigenvalue weighted by Crippen LogP contribution is 2.32. The number of nitrogens with one attached hydrogen (secondary N) is 1. The van der Waals surface area contributed by atoms with Crippen LogP contribution >= 0.6 is 0 Å². The molecule has 2 aromatic rings. The Morgan fingerprint density at radius 2 is 1.96 bits per heavy atom. The molecule has 2 aromatic heterocycles. The van der Waals surface area contributed by atoms with Gasteiger partial charge in [0.2, 0.25) is 0 Å². The molecule has 0 bridgehead atoms. The number of rotatable bonds is 4. The van der Waals surface area contributed by atoms with E-state index in [4.69, 9.17) is 4.74 Å². The van der Waals surface area contributed by atoms with Crippen LogP contribution in [-0.4, -0.2) is 54.6 Å². The van der Waals surface area contributed by atoms with Gasteiger partial charge >= 0.3 is 0 Å². The first-order valence-electron chi connectivity index (χ1n) is 9.08. The Morgan fingerprint density at radius 1 is 1.16 bits per heavy atom. The third-order valence-corrected chi connectivity index (χ3v) is 5.39. The molecule has 3 heterocycles. The van der Waals surface area contributed by atoms with Crippen molar-refractivity contribution in [2.24, 2.45) is 5.92 Å². The summed E-state index contributed by atoms with van der Waals surface area (Å²) in [6.45, 7) is 2.62. The van der Waals surface area contributed by atoms with Gasteiger partial charge in [-0.1, -0.05) is 19.3 Å². The molecule has 1 aliphatic heterocycles. The second kappa shape index (κ2) is 6.86. The Labute approximate surface area is 146 Å². The Balaban J connectivity index is 1.56. The highest BCUT2D eigenvalue weighted by atomic mass is 16.6. The summed E-state index contributed by atoms with van der Waals surface area (Å²) in [5, 5.41) is 23.6. The summed E-state index contributed by atoms with van der Waals surface area (Å²) in [4.78, 5) is 13.0. The summed E-state index contributed by atoms with van der Waals surface area (Å²) in [6, 6.07) is 0. The summed E-state index contributed by atoms with van der Waals surface area (Å²) in [5.74, 6) is 1.38. The van der Waals surface area contributed by atoms with Gasteiger partial charge in [0.15, 0.2) is 23.2 Å². The van der Waals surface area contributed by atoms with E-state index in [0.717, 1.165) is 6.54 Å². The maximum Gasteiger partial charge on any atom is 0.167 e. The average molecular weight is 347 g/mol. The van der Waals surface area contributed by atoms with Crippen LogP contribution in [0, 0.1) is 5.92 Å². The van der Waals surface area contributed by atoms with Crippen LogP contribution in [0.1, 0.15) is 45.3 Å². The molecule has 136 valence electrons. The summed E-state index contributed by atoms with van der Waals surface area (Å²) >= 11 is 0. The van der Waals surface area contributed by atoms with Crippen LogP contribution in [0.4, 0.5) is 5.82 Å². The van der Waals surface area contributed by atoms with Crippen molar-refractivity contribution < 1.29 is 14.9 Å². The van der Waals surface area contributed by atoms with Crippen LogP contribution in [0.2, 0.25) is 0 Å². The number of imidazole rings is 1. The molecule has 0 unspecified atom stereocenters. The average Bonchev–Trinajstić information content (AvgIpc) is 3.18. The maximum absolute atomic E-state index is 10.2. The van der Waals surface area contributed by atoms with Gasteiger partial charge in [-0.15, -0.1) is 0 Å². The van der Waals surface area contributed by atoms with Crippen molar-refractivity contribution in [2.75, 3.05) is 11.9 Å². The van der Waals surface area contributed by atoms with E-state index in [1.165, 1.54) is 38.4 Å². The minimum atomic E-state index is -1.01. The molecule has 0 aromatic carbocycles. The van der Waals surface area contributed by atoms with Gasteiger partial charge in [0.05, 0.1) is 12.4 Å². The van der Waals surface area contributed by atoms with Crippen LogP contribution in [0.3, 0.4) is 0 Å². The van der Waals surface area contributed by atoms with E-state index in [0.29, 0.717) is 22.9 Å². The highest BCUT2D eigenvalue weighted by Gasteiger charge is 2.42. The number of aliphatic hydroxyl groups excluding tert-OH is 2. The zero-order valence-corrected chi connectivity index (χ0v) is 14.4. The molecule has 1 saturated carbocycles. The summed E-state index contributed by atoms with van der Waals surface area (Å²) in [5.41, 5.74) is 1.25. The molecule has 0 radical (unpaired) electrons. The first-order valence-corrected chi connectivity index (χ1v) is 9.08. The number of aromatic nitrogens is 4.